The molecule has 4 rings (SSSR count). The smallest absolute Gasteiger partial charge is 0.157 e. The first-order valence-electron chi connectivity index (χ1n) is 8.68. The molecule has 0 saturated carbocycles. The topological polar surface area (TPSA) is 70.9 Å². The minimum atomic E-state index is 0.613. The molecule has 26 heavy (non-hydrogen) atoms. The van der Waals surface area contributed by atoms with Gasteiger partial charge in [0, 0.05) is 25.4 Å². The van der Waals surface area contributed by atoms with Crippen LogP contribution in [0.4, 0.5) is 5.82 Å². The molecular formula is C20H20N6. The van der Waals surface area contributed by atoms with Crippen LogP contribution >= 0.6 is 0 Å². The molecule has 1 aromatic carbocycles. The van der Waals surface area contributed by atoms with Crippen molar-refractivity contribution in [3.05, 3.63) is 58.9 Å². The van der Waals surface area contributed by atoms with Gasteiger partial charge in [0.25, 0.3) is 0 Å². The molecular weight excluding hydrogens is 324 g/mol. The van der Waals surface area contributed by atoms with Crippen molar-refractivity contribution in [2.45, 2.75) is 26.8 Å². The number of nitriles is 1. The summed E-state index contributed by atoms with van der Waals surface area (Å²) in [4.78, 5) is 4.68. The maximum Gasteiger partial charge on any atom is 0.157 e. The van der Waals surface area contributed by atoms with Gasteiger partial charge in [-0.05, 0) is 37.1 Å². The van der Waals surface area contributed by atoms with E-state index < -0.39 is 0 Å². The Balaban J connectivity index is 1.85. The lowest BCUT2D eigenvalue weighted by Crippen LogP contribution is -2.07. The third-order valence-corrected chi connectivity index (χ3v) is 4.67. The number of aryl methyl sites for hydroxylation is 3. The van der Waals surface area contributed by atoms with E-state index in [2.05, 4.69) is 28.4 Å². The van der Waals surface area contributed by atoms with Crippen molar-refractivity contribution in [2.24, 2.45) is 7.05 Å². The number of hydrogen-bond donors (Lipinski definition) is 1. The average molecular weight is 344 g/mol. The minimum Gasteiger partial charge on any atom is -0.367 e. The lowest BCUT2D eigenvalue weighted by atomic mass is 10.1. The van der Waals surface area contributed by atoms with Crippen LogP contribution in [0, 0.1) is 18.3 Å². The minimum absolute atomic E-state index is 0.613. The summed E-state index contributed by atoms with van der Waals surface area (Å²) in [6, 6.07) is 12.3. The highest BCUT2D eigenvalue weighted by molar-refractivity contribution is 5.85. The first-order chi connectivity index (χ1) is 12.6. The molecule has 0 aliphatic carbocycles. The van der Waals surface area contributed by atoms with Gasteiger partial charge in [-0.2, -0.15) is 10.4 Å². The zero-order chi connectivity index (χ0) is 18.3. The molecule has 0 aliphatic heterocycles. The SMILES string of the molecule is CCc1nn(C)cc1CNc1cc(C)c(C#N)c2nc3ccccc3n12. The molecule has 0 unspecified atom stereocenters. The van der Waals surface area contributed by atoms with Crippen LogP contribution in [0.3, 0.4) is 0 Å². The van der Waals surface area contributed by atoms with Crippen LogP contribution in [0.25, 0.3) is 16.7 Å². The Hall–Kier alpha value is -3.33. The number of hydrogen-bond acceptors (Lipinski definition) is 4. The van der Waals surface area contributed by atoms with Crippen LogP contribution in [0.15, 0.2) is 36.5 Å². The maximum atomic E-state index is 9.58. The Labute approximate surface area is 151 Å². The molecule has 3 heterocycles. The zero-order valence-electron chi connectivity index (χ0n) is 15.1. The van der Waals surface area contributed by atoms with Gasteiger partial charge >= 0.3 is 0 Å². The van der Waals surface area contributed by atoms with Crippen molar-refractivity contribution < 1.29 is 0 Å². The summed E-state index contributed by atoms with van der Waals surface area (Å²) in [5.74, 6) is 0.927. The highest BCUT2D eigenvalue weighted by Gasteiger charge is 2.15. The van der Waals surface area contributed by atoms with Gasteiger partial charge in [-0.1, -0.05) is 19.1 Å². The number of fused-ring (bicyclic) bond motifs is 3. The number of anilines is 1. The molecule has 0 spiro atoms. The number of imidazole rings is 1. The second kappa shape index (κ2) is 6.19. The predicted molar refractivity (Wildman–Crippen MR) is 102 cm³/mol. The largest absolute Gasteiger partial charge is 0.367 e. The second-order valence-electron chi connectivity index (χ2n) is 6.44. The van der Waals surface area contributed by atoms with Crippen molar-refractivity contribution in [2.75, 3.05) is 5.32 Å². The number of aromatic nitrogens is 4. The van der Waals surface area contributed by atoms with Crippen LogP contribution in [0.1, 0.15) is 29.3 Å². The van der Waals surface area contributed by atoms with E-state index in [4.69, 9.17) is 0 Å². The molecule has 0 atom stereocenters. The first kappa shape index (κ1) is 16.2. The molecule has 0 fully saturated rings. The number of pyridine rings is 1. The molecule has 4 aromatic rings. The predicted octanol–water partition coefficient (Wildman–Crippen LogP) is 3.58. The Bertz CT molecular complexity index is 1160. The highest BCUT2D eigenvalue weighted by Crippen LogP contribution is 2.27. The summed E-state index contributed by atoms with van der Waals surface area (Å²) in [6.07, 6.45) is 2.94. The van der Waals surface area contributed by atoms with Crippen molar-refractivity contribution in [1.82, 2.24) is 19.2 Å². The van der Waals surface area contributed by atoms with Crippen LogP contribution < -0.4 is 5.32 Å². The summed E-state index contributed by atoms with van der Waals surface area (Å²) in [6.45, 7) is 4.73. The molecule has 0 amide bonds. The Morgan fingerprint density at radius 3 is 2.85 bits per heavy atom. The molecule has 6 heteroatoms. The van der Waals surface area contributed by atoms with Gasteiger partial charge in [0.05, 0.1) is 22.3 Å². The lowest BCUT2D eigenvalue weighted by molar-refractivity contribution is 0.746. The second-order valence-corrected chi connectivity index (χ2v) is 6.44. The molecule has 0 bridgehead atoms. The summed E-state index contributed by atoms with van der Waals surface area (Å²) < 4.78 is 3.88. The number of rotatable bonds is 4. The van der Waals surface area contributed by atoms with Crippen molar-refractivity contribution in [3.8, 4) is 6.07 Å². The number of para-hydroxylation sites is 2. The van der Waals surface area contributed by atoms with Gasteiger partial charge in [-0.15, -0.1) is 0 Å². The van der Waals surface area contributed by atoms with E-state index >= 15 is 0 Å². The highest BCUT2D eigenvalue weighted by atomic mass is 15.3. The van der Waals surface area contributed by atoms with E-state index in [9.17, 15) is 5.26 Å². The fourth-order valence-electron chi connectivity index (χ4n) is 3.44. The average Bonchev–Trinajstić information content (AvgIpc) is 3.19. The molecule has 130 valence electrons. The number of benzene rings is 1. The fourth-order valence-corrected chi connectivity index (χ4v) is 3.44. The van der Waals surface area contributed by atoms with E-state index in [1.54, 1.807) is 0 Å². The van der Waals surface area contributed by atoms with Crippen molar-refractivity contribution in [1.29, 1.82) is 5.26 Å². The standard InChI is InChI=1S/C20H20N6/c1-4-16-14(12-25(3)24-16)11-22-19-9-13(2)15(10-21)20-23-17-7-5-6-8-18(17)26(19)20/h5-9,12,22H,4,11H2,1-3H3. The van der Waals surface area contributed by atoms with Gasteiger partial charge in [-0.25, -0.2) is 4.98 Å². The van der Waals surface area contributed by atoms with Gasteiger partial charge in [-0.3, -0.25) is 9.08 Å². The van der Waals surface area contributed by atoms with E-state index in [1.807, 2.05) is 59.6 Å². The third-order valence-electron chi connectivity index (χ3n) is 4.67. The van der Waals surface area contributed by atoms with E-state index in [-0.39, 0.29) is 0 Å². The monoisotopic (exact) mass is 344 g/mol. The van der Waals surface area contributed by atoms with Crippen LogP contribution in [-0.4, -0.2) is 19.2 Å². The molecule has 6 nitrogen and oxygen atoms in total. The van der Waals surface area contributed by atoms with E-state index in [1.165, 1.54) is 5.56 Å². The van der Waals surface area contributed by atoms with Gasteiger partial charge in [0.15, 0.2) is 5.65 Å². The van der Waals surface area contributed by atoms with Gasteiger partial charge < -0.3 is 5.32 Å². The molecule has 0 aliphatic rings. The quantitative estimate of drug-likeness (QED) is 0.614. The number of nitrogens with one attached hydrogen (secondary N) is 1. The lowest BCUT2D eigenvalue weighted by Gasteiger charge is -2.12. The van der Waals surface area contributed by atoms with Crippen molar-refractivity contribution >= 4 is 22.5 Å². The Morgan fingerprint density at radius 1 is 1.27 bits per heavy atom. The maximum absolute atomic E-state index is 9.58. The van der Waals surface area contributed by atoms with Crippen LogP contribution in [0.5, 0.6) is 0 Å². The Kier molecular flexibility index (Phi) is 3.85. The molecule has 3 aromatic heterocycles. The van der Waals surface area contributed by atoms with Crippen molar-refractivity contribution in [3.63, 3.8) is 0 Å². The summed E-state index contributed by atoms with van der Waals surface area (Å²) in [7, 11) is 1.94. The molecule has 1 N–H and O–H groups in total. The normalized spacial score (nSPS) is 11.2. The van der Waals surface area contributed by atoms with Crippen LogP contribution in [-0.2, 0) is 20.0 Å². The third kappa shape index (κ3) is 2.49. The first-order valence-corrected chi connectivity index (χ1v) is 8.68. The molecule has 0 saturated heterocycles. The fraction of sp³-hybridized carbons (Fsp3) is 0.250. The van der Waals surface area contributed by atoms with Gasteiger partial charge in [0.1, 0.15) is 11.9 Å². The summed E-state index contributed by atoms with van der Waals surface area (Å²) in [5, 5.41) is 17.6. The van der Waals surface area contributed by atoms with Crippen LogP contribution in [0.2, 0.25) is 0 Å². The summed E-state index contributed by atoms with van der Waals surface area (Å²) >= 11 is 0. The zero-order valence-corrected chi connectivity index (χ0v) is 15.1. The van der Waals surface area contributed by atoms with E-state index in [0.717, 1.165) is 34.5 Å². The number of nitrogens with zero attached hydrogens (tertiary/aromatic N) is 5. The molecule has 0 radical (unpaired) electrons. The summed E-state index contributed by atoms with van der Waals surface area (Å²) in [5.41, 5.74) is 6.36. The van der Waals surface area contributed by atoms with Gasteiger partial charge in [0.2, 0.25) is 0 Å². The van der Waals surface area contributed by atoms with E-state index in [0.29, 0.717) is 17.8 Å². The Morgan fingerprint density at radius 2 is 2.08 bits per heavy atom.